The Bertz CT molecular complexity index is 336. The summed E-state index contributed by atoms with van der Waals surface area (Å²) < 4.78 is 29.5. The Hall–Kier alpha value is -1.46. The molecule has 1 heterocycles. The first-order valence-electron chi connectivity index (χ1n) is 6.01. The number of rotatable bonds is 5. The lowest BCUT2D eigenvalue weighted by Gasteiger charge is -2.25. The molecule has 1 rings (SSSR count). The minimum Gasteiger partial charge on any atom is -0.462 e. The van der Waals surface area contributed by atoms with Gasteiger partial charge in [0, 0.05) is 19.3 Å². The first-order chi connectivity index (χ1) is 8.56. The molecule has 0 aromatic rings. The summed E-state index contributed by atoms with van der Waals surface area (Å²) in [5.41, 5.74) is -0.561. The first-order valence-corrected chi connectivity index (χ1v) is 6.01. The molecule has 0 saturated carbocycles. The Morgan fingerprint density at radius 2 is 1.89 bits per heavy atom. The second-order valence-corrected chi connectivity index (χ2v) is 4.02. The van der Waals surface area contributed by atoms with E-state index in [0.29, 0.717) is 13.1 Å². The lowest BCUT2D eigenvalue weighted by Crippen LogP contribution is -2.29. The van der Waals surface area contributed by atoms with Crippen LogP contribution in [-0.2, 0) is 14.3 Å². The molecule has 0 spiro atoms. The summed E-state index contributed by atoms with van der Waals surface area (Å²) in [6.45, 7) is 2.94. The van der Waals surface area contributed by atoms with Gasteiger partial charge in [-0.1, -0.05) is 0 Å². The van der Waals surface area contributed by atoms with Crippen molar-refractivity contribution >= 4 is 11.8 Å². The van der Waals surface area contributed by atoms with Crippen molar-refractivity contribution in [1.82, 2.24) is 4.90 Å². The number of likely N-dealkylation sites (tertiary alicyclic amines) is 1. The van der Waals surface area contributed by atoms with E-state index in [9.17, 15) is 18.4 Å². The molecule has 6 heteroatoms. The summed E-state index contributed by atoms with van der Waals surface area (Å²) in [7, 11) is 0. The summed E-state index contributed by atoms with van der Waals surface area (Å²) in [4.78, 5) is 24.5. The van der Waals surface area contributed by atoms with Gasteiger partial charge in [0.1, 0.15) is 5.57 Å². The number of esters is 1. The fraction of sp³-hybridized carbons (Fsp3) is 0.667. The Labute approximate surface area is 105 Å². The number of carbonyl (C=O) groups excluding carboxylic acids is 2. The Morgan fingerprint density at radius 3 is 2.39 bits per heavy atom. The molecule has 0 aromatic carbocycles. The van der Waals surface area contributed by atoms with Gasteiger partial charge < -0.3 is 9.64 Å². The van der Waals surface area contributed by atoms with Crippen molar-refractivity contribution in [3.8, 4) is 0 Å². The normalized spacial score (nSPS) is 16.9. The highest BCUT2D eigenvalue weighted by Gasteiger charge is 2.28. The van der Waals surface area contributed by atoms with Gasteiger partial charge in [-0.15, -0.1) is 0 Å². The molecule has 102 valence electrons. The monoisotopic (exact) mass is 261 g/mol. The number of hydrogen-bond acceptors (Lipinski definition) is 4. The van der Waals surface area contributed by atoms with Crippen molar-refractivity contribution in [2.24, 2.45) is 0 Å². The Morgan fingerprint density at radius 1 is 1.28 bits per heavy atom. The molecule has 0 atom stereocenters. The fourth-order valence-corrected chi connectivity index (χ4v) is 1.77. The van der Waals surface area contributed by atoms with Gasteiger partial charge in [0.15, 0.2) is 0 Å². The number of ether oxygens (including phenoxy) is 1. The molecule has 1 saturated heterocycles. The van der Waals surface area contributed by atoms with Gasteiger partial charge in [0.25, 0.3) is 0 Å². The quantitative estimate of drug-likeness (QED) is 0.327. The minimum atomic E-state index is -3.19. The van der Waals surface area contributed by atoms with Crippen LogP contribution in [0.4, 0.5) is 8.78 Å². The highest BCUT2D eigenvalue weighted by atomic mass is 19.3. The third kappa shape index (κ3) is 4.09. The predicted octanol–water partition coefficient (Wildman–Crippen LogP) is 1.75. The van der Waals surface area contributed by atoms with E-state index < -0.39 is 23.8 Å². The molecule has 18 heavy (non-hydrogen) atoms. The number of piperidine rings is 1. The maximum atomic E-state index is 12.4. The van der Waals surface area contributed by atoms with E-state index in [1.54, 1.807) is 11.8 Å². The summed E-state index contributed by atoms with van der Waals surface area (Å²) >= 11 is 0. The van der Waals surface area contributed by atoms with Crippen LogP contribution in [-0.4, -0.2) is 42.8 Å². The highest BCUT2D eigenvalue weighted by Crippen LogP contribution is 2.14. The van der Waals surface area contributed by atoms with Crippen molar-refractivity contribution < 1.29 is 23.1 Å². The molecular weight excluding hydrogens is 244 g/mol. The third-order valence-corrected chi connectivity index (χ3v) is 2.66. The van der Waals surface area contributed by atoms with Crippen LogP contribution in [0.25, 0.3) is 0 Å². The minimum absolute atomic E-state index is 0.0483. The Kier molecular flexibility index (Phi) is 5.74. The number of nitrogens with zero attached hydrogens (tertiary/aromatic N) is 1. The second-order valence-electron chi connectivity index (χ2n) is 4.02. The highest BCUT2D eigenvalue weighted by molar-refractivity contribution is 6.18. The van der Waals surface area contributed by atoms with E-state index in [2.05, 4.69) is 4.74 Å². The molecule has 0 unspecified atom stereocenters. The molecule has 1 fully saturated rings. The smallest absolute Gasteiger partial charge is 0.343 e. The molecule has 0 aliphatic carbocycles. The zero-order valence-corrected chi connectivity index (χ0v) is 10.3. The van der Waals surface area contributed by atoms with Crippen molar-refractivity contribution in [2.75, 3.05) is 19.7 Å². The van der Waals surface area contributed by atoms with Crippen LogP contribution in [0.15, 0.2) is 11.8 Å². The molecular formula is C12H17F2NO3. The third-order valence-electron chi connectivity index (χ3n) is 2.66. The van der Waals surface area contributed by atoms with Gasteiger partial charge in [-0.25, -0.2) is 13.6 Å². The average Bonchev–Trinajstić information content (AvgIpc) is 2.36. The van der Waals surface area contributed by atoms with Gasteiger partial charge in [-0.3, -0.25) is 4.79 Å². The predicted molar refractivity (Wildman–Crippen MR) is 61.2 cm³/mol. The number of alkyl halides is 2. The zero-order valence-electron chi connectivity index (χ0n) is 10.3. The standard InChI is InChI=1S/C12H17F2NO3/c1-2-18-12(17)9(10(16)11(13)14)8-15-6-4-3-5-7-15/h8,11H,2-7H2,1H3. The molecule has 1 aliphatic heterocycles. The molecule has 0 bridgehead atoms. The van der Waals surface area contributed by atoms with Gasteiger partial charge in [0.05, 0.1) is 6.61 Å². The summed E-state index contributed by atoms with van der Waals surface area (Å²) in [6.07, 6.45) is 0.948. The van der Waals surface area contributed by atoms with Crippen LogP contribution in [0.3, 0.4) is 0 Å². The van der Waals surface area contributed by atoms with E-state index in [0.717, 1.165) is 19.3 Å². The first kappa shape index (κ1) is 14.6. The molecule has 4 nitrogen and oxygen atoms in total. The number of Topliss-reactive ketones (excluding diaryl/α,β-unsaturated/α-hetero) is 1. The maximum absolute atomic E-state index is 12.4. The van der Waals surface area contributed by atoms with Crippen LogP contribution in [0.1, 0.15) is 26.2 Å². The van der Waals surface area contributed by atoms with Gasteiger partial charge in [0.2, 0.25) is 5.78 Å². The molecule has 0 aromatic heterocycles. The van der Waals surface area contributed by atoms with E-state index in [1.807, 2.05) is 0 Å². The molecule has 0 amide bonds. The van der Waals surface area contributed by atoms with Crippen molar-refractivity contribution in [3.05, 3.63) is 11.8 Å². The van der Waals surface area contributed by atoms with E-state index in [1.165, 1.54) is 6.20 Å². The number of ketones is 1. The molecule has 0 radical (unpaired) electrons. The number of hydrogen-bond donors (Lipinski definition) is 0. The van der Waals surface area contributed by atoms with Crippen LogP contribution in [0, 0.1) is 0 Å². The summed E-state index contributed by atoms with van der Waals surface area (Å²) in [5, 5.41) is 0. The van der Waals surface area contributed by atoms with Crippen LogP contribution < -0.4 is 0 Å². The fourth-order valence-electron chi connectivity index (χ4n) is 1.77. The van der Waals surface area contributed by atoms with Crippen LogP contribution >= 0.6 is 0 Å². The van der Waals surface area contributed by atoms with E-state index >= 15 is 0 Å². The number of carbonyl (C=O) groups is 2. The SMILES string of the molecule is CCOC(=O)C(=CN1CCCCC1)C(=O)C(F)F. The molecule has 1 aliphatic rings. The second kappa shape index (κ2) is 7.08. The van der Waals surface area contributed by atoms with Gasteiger partial charge >= 0.3 is 12.4 Å². The van der Waals surface area contributed by atoms with E-state index in [-0.39, 0.29) is 6.61 Å². The lowest BCUT2D eigenvalue weighted by atomic mass is 10.1. The van der Waals surface area contributed by atoms with Crippen LogP contribution in [0.2, 0.25) is 0 Å². The molecule has 0 N–H and O–H groups in total. The largest absolute Gasteiger partial charge is 0.462 e. The van der Waals surface area contributed by atoms with Gasteiger partial charge in [-0.2, -0.15) is 0 Å². The van der Waals surface area contributed by atoms with Gasteiger partial charge in [-0.05, 0) is 26.2 Å². The van der Waals surface area contributed by atoms with E-state index in [4.69, 9.17) is 0 Å². The maximum Gasteiger partial charge on any atom is 0.343 e. The average molecular weight is 261 g/mol. The number of halogens is 2. The van der Waals surface area contributed by atoms with Crippen molar-refractivity contribution in [3.63, 3.8) is 0 Å². The summed E-state index contributed by atoms with van der Waals surface area (Å²) in [6, 6.07) is 0. The lowest BCUT2D eigenvalue weighted by molar-refractivity contribution is -0.141. The zero-order chi connectivity index (χ0) is 13.5. The van der Waals surface area contributed by atoms with Crippen LogP contribution in [0.5, 0.6) is 0 Å². The topological polar surface area (TPSA) is 46.6 Å². The van der Waals surface area contributed by atoms with Crippen molar-refractivity contribution in [2.45, 2.75) is 32.6 Å². The van der Waals surface area contributed by atoms with Crippen molar-refractivity contribution in [1.29, 1.82) is 0 Å². The summed E-state index contributed by atoms with van der Waals surface area (Å²) in [5.74, 6) is -2.45. The Balaban J connectivity index is 2.84.